The van der Waals surface area contributed by atoms with Crippen molar-refractivity contribution in [3.8, 4) is 5.75 Å². The second-order valence-corrected chi connectivity index (χ2v) is 6.16. The van der Waals surface area contributed by atoms with Gasteiger partial charge in [0.05, 0.1) is 5.56 Å². The summed E-state index contributed by atoms with van der Waals surface area (Å²) in [6.45, 7) is 0.906. The van der Waals surface area contributed by atoms with E-state index in [1.54, 1.807) is 21.9 Å². The number of phenolic OH excluding ortho intramolecular Hbond substituents is 1. The van der Waals surface area contributed by atoms with Gasteiger partial charge < -0.3 is 19.7 Å². The summed E-state index contributed by atoms with van der Waals surface area (Å²) in [6, 6.07) is 3.36. The van der Waals surface area contributed by atoms with Gasteiger partial charge in [-0.3, -0.25) is 4.79 Å². The highest BCUT2D eigenvalue weighted by Crippen LogP contribution is 2.30. The molecule has 2 heterocycles. The highest BCUT2D eigenvalue weighted by molar-refractivity contribution is 5.96. The lowest BCUT2D eigenvalue weighted by Gasteiger charge is -2.35. The Morgan fingerprint density at radius 2 is 2.25 bits per heavy atom. The van der Waals surface area contributed by atoms with Gasteiger partial charge in [-0.25, -0.2) is 9.37 Å². The third-order valence-electron chi connectivity index (χ3n) is 4.50. The zero-order chi connectivity index (χ0) is 17.3. The molecule has 128 valence electrons. The normalized spacial score (nSPS) is 19.3. The molecule has 2 unspecified atom stereocenters. The molecule has 0 bridgehead atoms. The Morgan fingerprint density at radius 3 is 2.92 bits per heavy atom. The predicted molar refractivity (Wildman–Crippen MR) is 84.9 cm³/mol. The predicted octanol–water partition coefficient (Wildman–Crippen LogP) is 1.85. The molecule has 24 heavy (non-hydrogen) atoms. The second-order valence-electron chi connectivity index (χ2n) is 6.16. The first kappa shape index (κ1) is 16.4. The zero-order valence-corrected chi connectivity index (χ0v) is 13.4. The summed E-state index contributed by atoms with van der Waals surface area (Å²) >= 11 is 0. The standard InChI is InChI=1S/C17H20FN3O3/c1-20-8-6-19-16(20)15(23)11-3-2-7-21(10-11)17(24)13-5-4-12(18)9-14(13)22/h4-6,8-9,11,15,22-23H,2-3,7,10H2,1H3. The minimum atomic E-state index is -0.762. The average molecular weight is 333 g/mol. The molecular formula is C17H20FN3O3. The molecule has 0 spiro atoms. The molecule has 2 atom stereocenters. The van der Waals surface area contributed by atoms with E-state index in [-0.39, 0.29) is 23.1 Å². The number of imidazole rings is 1. The Labute approximate surface area is 139 Å². The van der Waals surface area contributed by atoms with Crippen LogP contribution in [0.15, 0.2) is 30.6 Å². The molecule has 1 amide bonds. The van der Waals surface area contributed by atoms with Gasteiger partial charge in [-0.05, 0) is 25.0 Å². The number of aromatic hydroxyl groups is 1. The summed E-state index contributed by atoms with van der Waals surface area (Å²) in [4.78, 5) is 18.4. The van der Waals surface area contributed by atoms with Gasteiger partial charge in [0.2, 0.25) is 0 Å². The molecule has 0 saturated carbocycles. The van der Waals surface area contributed by atoms with Gasteiger partial charge in [-0.2, -0.15) is 0 Å². The number of aryl methyl sites for hydroxylation is 1. The van der Waals surface area contributed by atoms with E-state index in [1.165, 1.54) is 6.07 Å². The summed E-state index contributed by atoms with van der Waals surface area (Å²) in [5.74, 6) is -0.882. The first-order valence-electron chi connectivity index (χ1n) is 7.90. The fourth-order valence-corrected chi connectivity index (χ4v) is 3.18. The molecule has 7 heteroatoms. The van der Waals surface area contributed by atoms with E-state index < -0.39 is 11.9 Å². The van der Waals surface area contributed by atoms with E-state index in [0.717, 1.165) is 25.0 Å². The minimum Gasteiger partial charge on any atom is -0.507 e. The van der Waals surface area contributed by atoms with Crippen molar-refractivity contribution in [3.63, 3.8) is 0 Å². The Balaban J connectivity index is 1.75. The van der Waals surface area contributed by atoms with Gasteiger partial charge in [0.25, 0.3) is 5.91 Å². The third kappa shape index (κ3) is 3.12. The molecule has 1 aliphatic rings. The summed E-state index contributed by atoms with van der Waals surface area (Å²) in [5, 5.41) is 20.4. The number of amides is 1. The number of rotatable bonds is 3. The van der Waals surface area contributed by atoms with Gasteiger partial charge in [-0.15, -0.1) is 0 Å². The quantitative estimate of drug-likeness (QED) is 0.898. The first-order chi connectivity index (χ1) is 11.5. The molecule has 2 aromatic rings. The van der Waals surface area contributed by atoms with Crippen molar-refractivity contribution >= 4 is 5.91 Å². The number of aliphatic hydroxyl groups is 1. The molecule has 1 fully saturated rings. The number of aromatic nitrogens is 2. The first-order valence-corrected chi connectivity index (χ1v) is 7.90. The van der Waals surface area contributed by atoms with E-state index in [9.17, 15) is 19.4 Å². The van der Waals surface area contributed by atoms with Crippen LogP contribution in [-0.2, 0) is 7.05 Å². The SMILES string of the molecule is Cn1ccnc1C(O)C1CCCN(C(=O)c2ccc(F)cc2O)C1. The number of hydrogen-bond donors (Lipinski definition) is 2. The highest BCUT2D eigenvalue weighted by Gasteiger charge is 2.32. The van der Waals surface area contributed by atoms with Crippen LogP contribution in [-0.4, -0.2) is 43.7 Å². The maximum atomic E-state index is 13.1. The summed E-state index contributed by atoms with van der Waals surface area (Å²) in [5.41, 5.74) is 0.0727. The van der Waals surface area contributed by atoms with E-state index in [2.05, 4.69) is 4.98 Å². The van der Waals surface area contributed by atoms with Crippen LogP contribution in [0.3, 0.4) is 0 Å². The van der Waals surface area contributed by atoms with E-state index in [1.807, 2.05) is 7.05 Å². The molecule has 1 saturated heterocycles. The van der Waals surface area contributed by atoms with Crippen molar-refractivity contribution in [1.29, 1.82) is 0 Å². The number of benzene rings is 1. The largest absolute Gasteiger partial charge is 0.507 e. The van der Waals surface area contributed by atoms with Crippen LogP contribution in [0.4, 0.5) is 4.39 Å². The summed E-state index contributed by atoms with van der Waals surface area (Å²) < 4.78 is 14.8. The average Bonchev–Trinajstić information content (AvgIpc) is 3.00. The van der Waals surface area contributed by atoms with Crippen LogP contribution >= 0.6 is 0 Å². The van der Waals surface area contributed by atoms with Gasteiger partial charge in [0, 0.05) is 44.5 Å². The minimum absolute atomic E-state index is 0.0727. The number of aliphatic hydroxyl groups excluding tert-OH is 1. The number of piperidine rings is 1. The molecule has 3 rings (SSSR count). The van der Waals surface area contributed by atoms with Gasteiger partial charge in [-0.1, -0.05) is 0 Å². The Bertz CT molecular complexity index is 746. The molecule has 0 radical (unpaired) electrons. The Morgan fingerprint density at radius 1 is 1.46 bits per heavy atom. The van der Waals surface area contributed by atoms with Gasteiger partial charge in [0.1, 0.15) is 23.5 Å². The number of phenols is 1. The molecule has 0 aliphatic carbocycles. The molecule has 2 N–H and O–H groups in total. The monoisotopic (exact) mass is 333 g/mol. The van der Waals surface area contributed by atoms with E-state index >= 15 is 0 Å². The maximum absolute atomic E-state index is 13.1. The van der Waals surface area contributed by atoms with Crippen LogP contribution in [0.1, 0.15) is 35.1 Å². The number of hydrogen-bond acceptors (Lipinski definition) is 4. The lowest BCUT2D eigenvalue weighted by molar-refractivity contribution is 0.0357. The maximum Gasteiger partial charge on any atom is 0.257 e. The number of carbonyl (C=O) groups excluding carboxylic acids is 1. The van der Waals surface area contributed by atoms with Crippen molar-refractivity contribution in [1.82, 2.24) is 14.5 Å². The van der Waals surface area contributed by atoms with Crippen LogP contribution < -0.4 is 0 Å². The van der Waals surface area contributed by atoms with E-state index in [4.69, 9.17) is 0 Å². The summed E-state index contributed by atoms with van der Waals surface area (Å²) in [7, 11) is 1.81. The molecule has 1 aromatic heterocycles. The van der Waals surface area contributed by atoms with Crippen molar-refractivity contribution in [2.45, 2.75) is 18.9 Å². The number of nitrogens with zero attached hydrogens (tertiary/aromatic N) is 3. The second kappa shape index (κ2) is 6.60. The zero-order valence-electron chi connectivity index (χ0n) is 13.4. The smallest absolute Gasteiger partial charge is 0.257 e. The number of likely N-dealkylation sites (tertiary alicyclic amines) is 1. The molecule has 1 aliphatic heterocycles. The van der Waals surface area contributed by atoms with Crippen molar-refractivity contribution in [2.75, 3.05) is 13.1 Å². The molecule has 1 aromatic carbocycles. The van der Waals surface area contributed by atoms with Crippen LogP contribution in [0.2, 0.25) is 0 Å². The van der Waals surface area contributed by atoms with E-state index in [0.29, 0.717) is 18.9 Å². The van der Waals surface area contributed by atoms with Crippen molar-refractivity contribution in [2.24, 2.45) is 13.0 Å². The van der Waals surface area contributed by atoms with Crippen LogP contribution in [0.25, 0.3) is 0 Å². The number of carbonyl (C=O) groups is 1. The Hall–Kier alpha value is -2.41. The fourth-order valence-electron chi connectivity index (χ4n) is 3.18. The lowest BCUT2D eigenvalue weighted by Crippen LogP contribution is -2.42. The van der Waals surface area contributed by atoms with Crippen molar-refractivity contribution < 1.29 is 19.4 Å². The topological polar surface area (TPSA) is 78.6 Å². The fraction of sp³-hybridized carbons (Fsp3) is 0.412. The molecular weight excluding hydrogens is 313 g/mol. The van der Waals surface area contributed by atoms with Crippen LogP contribution in [0.5, 0.6) is 5.75 Å². The lowest BCUT2D eigenvalue weighted by atomic mass is 9.91. The third-order valence-corrected chi connectivity index (χ3v) is 4.50. The molecule has 6 nitrogen and oxygen atoms in total. The van der Waals surface area contributed by atoms with Crippen molar-refractivity contribution in [3.05, 3.63) is 47.8 Å². The van der Waals surface area contributed by atoms with Gasteiger partial charge in [0.15, 0.2) is 0 Å². The van der Waals surface area contributed by atoms with Gasteiger partial charge >= 0.3 is 0 Å². The highest BCUT2D eigenvalue weighted by atomic mass is 19.1. The summed E-state index contributed by atoms with van der Waals surface area (Å²) in [6.07, 6.45) is 4.16. The number of halogens is 1. The van der Waals surface area contributed by atoms with Crippen LogP contribution in [0, 0.1) is 11.7 Å². The Kier molecular flexibility index (Phi) is 4.53.